The van der Waals surface area contributed by atoms with Gasteiger partial charge in [0, 0.05) is 5.69 Å². The van der Waals surface area contributed by atoms with Crippen molar-refractivity contribution in [3.8, 4) is 5.75 Å². The highest BCUT2D eigenvalue weighted by Gasteiger charge is 2.12. The molecule has 3 heteroatoms. The molecule has 0 bridgehead atoms. The predicted molar refractivity (Wildman–Crippen MR) is 80.6 cm³/mol. The summed E-state index contributed by atoms with van der Waals surface area (Å²) in [6, 6.07) is 10.4. The highest BCUT2D eigenvalue weighted by Crippen LogP contribution is 2.29. The van der Waals surface area contributed by atoms with Crippen molar-refractivity contribution in [1.82, 2.24) is 0 Å². The van der Waals surface area contributed by atoms with Crippen LogP contribution in [-0.4, -0.2) is 5.11 Å². The number of rotatable bonds is 4. The molecule has 0 saturated carbocycles. The molecule has 2 aromatic rings. The number of anilines is 1. The van der Waals surface area contributed by atoms with Gasteiger partial charge >= 0.3 is 0 Å². The molecular weight excluding hydrogens is 253 g/mol. The Bertz CT molecular complexity index is 610. The van der Waals surface area contributed by atoms with E-state index < -0.39 is 0 Å². The maximum atomic E-state index is 13.3. The van der Waals surface area contributed by atoms with Gasteiger partial charge in [-0.2, -0.15) is 0 Å². The molecule has 0 aliphatic heterocycles. The first-order valence-corrected chi connectivity index (χ1v) is 6.83. The Balaban J connectivity index is 2.29. The topological polar surface area (TPSA) is 32.3 Å². The number of nitrogens with one attached hydrogen (secondary N) is 1. The largest absolute Gasteiger partial charge is 0.508 e. The summed E-state index contributed by atoms with van der Waals surface area (Å²) in [4.78, 5) is 0. The fourth-order valence-corrected chi connectivity index (χ4v) is 2.29. The Morgan fingerprint density at radius 3 is 2.55 bits per heavy atom. The highest BCUT2D eigenvalue weighted by atomic mass is 19.1. The van der Waals surface area contributed by atoms with Crippen molar-refractivity contribution in [2.75, 3.05) is 5.32 Å². The van der Waals surface area contributed by atoms with Crippen LogP contribution in [0.25, 0.3) is 0 Å². The van der Waals surface area contributed by atoms with E-state index in [4.69, 9.17) is 0 Å². The average Bonchev–Trinajstić information content (AvgIpc) is 2.41. The number of hydrogen-bond acceptors (Lipinski definition) is 2. The van der Waals surface area contributed by atoms with Gasteiger partial charge in [0.15, 0.2) is 0 Å². The number of halogens is 1. The molecule has 20 heavy (non-hydrogen) atoms. The number of phenolic OH excluding ortho intramolecular Hbond substituents is 1. The van der Waals surface area contributed by atoms with Gasteiger partial charge in [-0.1, -0.05) is 19.1 Å². The summed E-state index contributed by atoms with van der Waals surface area (Å²) in [5.74, 6) is 0.0770. The molecule has 2 N–H and O–H groups in total. The summed E-state index contributed by atoms with van der Waals surface area (Å²) >= 11 is 0. The van der Waals surface area contributed by atoms with Crippen LogP contribution in [0.5, 0.6) is 5.75 Å². The molecule has 2 nitrogen and oxygen atoms in total. The lowest BCUT2D eigenvalue weighted by Crippen LogP contribution is -2.11. The van der Waals surface area contributed by atoms with Crippen LogP contribution < -0.4 is 5.32 Å². The molecule has 0 radical (unpaired) electrons. The quantitative estimate of drug-likeness (QED) is 0.791. The Hall–Kier alpha value is -2.03. The first kappa shape index (κ1) is 14.4. The second-order valence-corrected chi connectivity index (χ2v) is 5.11. The van der Waals surface area contributed by atoms with Crippen molar-refractivity contribution in [3.05, 3.63) is 58.9 Å². The number of hydrogen-bond donors (Lipinski definition) is 2. The third kappa shape index (κ3) is 3.10. The van der Waals surface area contributed by atoms with Crippen LogP contribution in [0, 0.1) is 19.7 Å². The van der Waals surface area contributed by atoms with Crippen LogP contribution in [0.4, 0.5) is 10.1 Å². The zero-order chi connectivity index (χ0) is 14.7. The molecule has 2 aromatic carbocycles. The van der Waals surface area contributed by atoms with Crippen LogP contribution in [0.1, 0.15) is 36.1 Å². The van der Waals surface area contributed by atoms with E-state index in [2.05, 4.69) is 12.2 Å². The van der Waals surface area contributed by atoms with Gasteiger partial charge in [-0.05, 0) is 61.2 Å². The molecule has 0 amide bonds. The standard InChI is InChI=1S/C17H20FNO/c1-4-15(13-6-5-7-14(18)10-13)19-16-8-12(3)17(20)9-11(16)2/h5-10,15,19-20H,4H2,1-3H3. The minimum atomic E-state index is -0.221. The van der Waals surface area contributed by atoms with E-state index in [0.717, 1.165) is 28.8 Å². The van der Waals surface area contributed by atoms with E-state index in [1.54, 1.807) is 18.2 Å². The molecule has 1 unspecified atom stereocenters. The fraction of sp³-hybridized carbons (Fsp3) is 0.294. The smallest absolute Gasteiger partial charge is 0.123 e. The van der Waals surface area contributed by atoms with Crippen LogP contribution in [0.15, 0.2) is 36.4 Å². The summed E-state index contributed by atoms with van der Waals surface area (Å²) in [6.07, 6.45) is 0.850. The lowest BCUT2D eigenvalue weighted by atomic mass is 10.0. The van der Waals surface area contributed by atoms with Gasteiger partial charge in [0.1, 0.15) is 11.6 Å². The first-order chi connectivity index (χ1) is 9.51. The highest BCUT2D eigenvalue weighted by molar-refractivity contribution is 5.57. The number of aryl methyl sites for hydroxylation is 2. The van der Waals surface area contributed by atoms with Gasteiger partial charge in [0.25, 0.3) is 0 Å². The SMILES string of the molecule is CCC(Nc1cc(C)c(O)cc1C)c1cccc(F)c1. The lowest BCUT2D eigenvalue weighted by Gasteiger charge is -2.21. The molecular formula is C17H20FNO. The van der Waals surface area contributed by atoms with Crippen molar-refractivity contribution in [2.45, 2.75) is 33.2 Å². The summed E-state index contributed by atoms with van der Waals surface area (Å²) in [5.41, 5.74) is 3.70. The Morgan fingerprint density at radius 2 is 1.90 bits per heavy atom. The molecule has 0 fully saturated rings. The fourth-order valence-electron chi connectivity index (χ4n) is 2.29. The van der Waals surface area contributed by atoms with Crippen molar-refractivity contribution >= 4 is 5.69 Å². The van der Waals surface area contributed by atoms with Crippen molar-refractivity contribution in [1.29, 1.82) is 0 Å². The van der Waals surface area contributed by atoms with Crippen molar-refractivity contribution < 1.29 is 9.50 Å². The van der Waals surface area contributed by atoms with Gasteiger partial charge in [-0.3, -0.25) is 0 Å². The van der Waals surface area contributed by atoms with Gasteiger partial charge in [-0.15, -0.1) is 0 Å². The third-order valence-electron chi connectivity index (χ3n) is 3.53. The molecule has 0 aromatic heterocycles. The predicted octanol–water partition coefficient (Wildman–Crippen LogP) is 4.71. The van der Waals surface area contributed by atoms with E-state index in [1.807, 2.05) is 26.0 Å². The van der Waals surface area contributed by atoms with Gasteiger partial charge in [0.2, 0.25) is 0 Å². The summed E-state index contributed by atoms with van der Waals surface area (Å²) < 4.78 is 13.3. The molecule has 106 valence electrons. The minimum absolute atomic E-state index is 0.0494. The van der Waals surface area contributed by atoms with E-state index in [0.29, 0.717) is 5.75 Å². The monoisotopic (exact) mass is 273 g/mol. The van der Waals surface area contributed by atoms with Crippen molar-refractivity contribution in [3.63, 3.8) is 0 Å². The summed E-state index contributed by atoms with van der Waals surface area (Å²) in [6.45, 7) is 5.87. The van der Waals surface area contributed by atoms with Crippen LogP contribution in [-0.2, 0) is 0 Å². The maximum Gasteiger partial charge on any atom is 0.123 e. The molecule has 0 aliphatic carbocycles. The second kappa shape index (κ2) is 5.95. The van der Waals surface area contributed by atoms with Gasteiger partial charge in [-0.25, -0.2) is 4.39 Å². The van der Waals surface area contributed by atoms with Crippen LogP contribution in [0.3, 0.4) is 0 Å². The zero-order valence-electron chi connectivity index (χ0n) is 12.1. The molecule has 0 spiro atoms. The average molecular weight is 273 g/mol. The number of aromatic hydroxyl groups is 1. The molecule has 0 saturated heterocycles. The number of phenols is 1. The van der Waals surface area contributed by atoms with Crippen LogP contribution >= 0.6 is 0 Å². The minimum Gasteiger partial charge on any atom is -0.508 e. The Kier molecular flexibility index (Phi) is 4.28. The van der Waals surface area contributed by atoms with Gasteiger partial charge < -0.3 is 10.4 Å². The number of benzene rings is 2. The molecule has 0 heterocycles. The van der Waals surface area contributed by atoms with Crippen LogP contribution in [0.2, 0.25) is 0 Å². The first-order valence-electron chi connectivity index (χ1n) is 6.83. The molecule has 1 atom stereocenters. The summed E-state index contributed by atoms with van der Waals surface area (Å²) in [7, 11) is 0. The van der Waals surface area contributed by atoms with Crippen molar-refractivity contribution in [2.24, 2.45) is 0 Å². The molecule has 0 aliphatic rings. The maximum absolute atomic E-state index is 13.3. The van der Waals surface area contributed by atoms with E-state index in [1.165, 1.54) is 6.07 Å². The summed E-state index contributed by atoms with van der Waals surface area (Å²) in [5, 5.41) is 13.1. The van der Waals surface area contributed by atoms with E-state index in [9.17, 15) is 9.50 Å². The Morgan fingerprint density at radius 1 is 1.15 bits per heavy atom. The molecule has 2 rings (SSSR count). The van der Waals surface area contributed by atoms with E-state index in [-0.39, 0.29) is 11.9 Å². The second-order valence-electron chi connectivity index (χ2n) is 5.11. The zero-order valence-corrected chi connectivity index (χ0v) is 12.1. The van der Waals surface area contributed by atoms with E-state index >= 15 is 0 Å². The van der Waals surface area contributed by atoms with Gasteiger partial charge in [0.05, 0.1) is 6.04 Å². The third-order valence-corrected chi connectivity index (χ3v) is 3.53. The lowest BCUT2D eigenvalue weighted by molar-refractivity contribution is 0.470. The Labute approximate surface area is 119 Å². The normalized spacial score (nSPS) is 12.2.